The largest absolute Gasteiger partial charge is 0.0883 e. The average Bonchev–Trinajstić information content (AvgIpc) is 2.46. The number of hydrogen-bond donors (Lipinski definition) is 0. The van der Waals surface area contributed by atoms with Crippen molar-refractivity contribution in [2.45, 2.75) is 81.4 Å². The molecule has 0 atom stereocenters. The van der Waals surface area contributed by atoms with E-state index in [1.807, 2.05) is 11.8 Å². The fraction of sp³-hybridized carbons (Fsp3) is 0.478. The van der Waals surface area contributed by atoms with Gasteiger partial charge in [0.15, 0.2) is 0 Å². The highest BCUT2D eigenvalue weighted by Gasteiger charge is 2.36. The zero-order valence-electron chi connectivity index (χ0n) is 16.7. The summed E-state index contributed by atoms with van der Waals surface area (Å²) >= 11 is 4.47. The highest BCUT2D eigenvalue weighted by Crippen LogP contribution is 2.52. The lowest BCUT2D eigenvalue weighted by Crippen LogP contribution is -2.26. The summed E-state index contributed by atoms with van der Waals surface area (Å²) in [5, 5.41) is 0. The van der Waals surface area contributed by atoms with Gasteiger partial charge in [-0.05, 0) is 67.8 Å². The van der Waals surface area contributed by atoms with Gasteiger partial charge in [-0.25, -0.2) is 0 Å². The van der Waals surface area contributed by atoms with Gasteiger partial charge in [-0.2, -0.15) is 0 Å². The summed E-state index contributed by atoms with van der Waals surface area (Å²) in [6.45, 7) is 18.6. The van der Waals surface area contributed by atoms with E-state index in [0.29, 0.717) is 0 Å². The predicted molar refractivity (Wildman–Crippen MR) is 119 cm³/mol. The van der Waals surface area contributed by atoms with Crippen molar-refractivity contribution in [3.8, 4) is 0 Å². The van der Waals surface area contributed by atoms with Crippen LogP contribution in [0, 0.1) is 3.57 Å². The summed E-state index contributed by atoms with van der Waals surface area (Å²) < 4.78 is 1.38. The second-order valence-electron chi connectivity index (χ2n) is 9.77. The maximum atomic E-state index is 2.52. The van der Waals surface area contributed by atoms with Gasteiger partial charge in [0.05, 0.1) is 0 Å². The van der Waals surface area contributed by atoms with Crippen molar-refractivity contribution in [2.75, 3.05) is 0 Å². The van der Waals surface area contributed by atoms with Crippen LogP contribution in [0.5, 0.6) is 0 Å². The Kier molecular flexibility index (Phi) is 4.64. The summed E-state index contributed by atoms with van der Waals surface area (Å²) in [5.74, 6) is 0. The minimum atomic E-state index is 0.0261. The first kappa shape index (κ1) is 19.3. The van der Waals surface area contributed by atoms with Crippen LogP contribution < -0.4 is 0 Å². The molecule has 0 bridgehead atoms. The van der Waals surface area contributed by atoms with E-state index < -0.39 is 0 Å². The first-order valence-electron chi connectivity index (χ1n) is 8.99. The molecule has 1 aliphatic heterocycles. The van der Waals surface area contributed by atoms with E-state index in [1.165, 1.54) is 35.6 Å². The molecule has 134 valence electrons. The summed E-state index contributed by atoms with van der Waals surface area (Å²) in [7, 11) is 0. The molecule has 0 radical (unpaired) electrons. The minimum absolute atomic E-state index is 0.0261. The third kappa shape index (κ3) is 3.41. The zero-order valence-corrected chi connectivity index (χ0v) is 19.6. The van der Waals surface area contributed by atoms with Crippen molar-refractivity contribution in [3.05, 3.63) is 56.2 Å². The van der Waals surface area contributed by atoms with E-state index in [1.54, 1.807) is 0 Å². The topological polar surface area (TPSA) is 0 Å². The third-order valence-electron chi connectivity index (χ3n) is 5.31. The lowest BCUT2D eigenvalue weighted by atomic mass is 9.73. The highest BCUT2D eigenvalue weighted by molar-refractivity contribution is 14.1. The quantitative estimate of drug-likeness (QED) is 0.361. The summed E-state index contributed by atoms with van der Waals surface area (Å²) in [6.07, 6.45) is 0. The Hall–Kier alpha value is -0.480. The normalized spacial score (nSPS) is 16.4. The zero-order chi connectivity index (χ0) is 18.8. The summed E-state index contributed by atoms with van der Waals surface area (Å²) in [5.41, 5.74) is 6.18. The van der Waals surface area contributed by atoms with E-state index >= 15 is 0 Å². The average molecular weight is 464 g/mol. The minimum Gasteiger partial charge on any atom is -0.0883 e. The van der Waals surface area contributed by atoms with Crippen LogP contribution >= 0.6 is 34.4 Å². The molecule has 0 amide bonds. The third-order valence-corrected chi connectivity index (χ3v) is 7.75. The van der Waals surface area contributed by atoms with Crippen LogP contribution in [-0.2, 0) is 16.2 Å². The molecule has 0 saturated heterocycles. The Bertz CT molecular complexity index is 832. The van der Waals surface area contributed by atoms with Gasteiger partial charge >= 0.3 is 0 Å². The maximum absolute atomic E-state index is 2.52. The van der Waals surface area contributed by atoms with Crippen LogP contribution in [0.15, 0.2) is 40.1 Å². The van der Waals surface area contributed by atoms with Crippen LogP contribution in [0.4, 0.5) is 0 Å². The van der Waals surface area contributed by atoms with Crippen molar-refractivity contribution < 1.29 is 0 Å². The molecule has 2 aromatic carbocycles. The van der Waals surface area contributed by atoms with Gasteiger partial charge < -0.3 is 0 Å². The molecule has 0 saturated carbocycles. The van der Waals surface area contributed by atoms with Crippen LogP contribution in [0.1, 0.15) is 77.6 Å². The number of rotatable bonds is 0. The van der Waals surface area contributed by atoms with Gasteiger partial charge in [-0.3, -0.25) is 0 Å². The van der Waals surface area contributed by atoms with E-state index in [9.17, 15) is 0 Å². The van der Waals surface area contributed by atoms with Crippen molar-refractivity contribution in [1.29, 1.82) is 0 Å². The first-order chi connectivity index (χ1) is 11.3. The Morgan fingerprint density at radius 3 is 1.92 bits per heavy atom. The molecular weight excluding hydrogens is 435 g/mol. The van der Waals surface area contributed by atoms with Crippen LogP contribution in [0.3, 0.4) is 0 Å². The number of halogens is 1. The SMILES string of the molecule is CC(C)(C)c1ccc2c(c1)C(C)(C)c1cc(C(C)(C)C)cc(I)c1S2. The molecule has 1 aliphatic rings. The Morgan fingerprint density at radius 1 is 0.800 bits per heavy atom. The second-order valence-corrected chi connectivity index (χ2v) is 12.0. The van der Waals surface area contributed by atoms with E-state index in [4.69, 9.17) is 0 Å². The number of benzene rings is 2. The number of fused-ring (bicyclic) bond motifs is 2. The Balaban J connectivity index is 2.23. The summed E-state index contributed by atoms with van der Waals surface area (Å²) in [4.78, 5) is 2.85. The monoisotopic (exact) mass is 464 g/mol. The van der Waals surface area contributed by atoms with Crippen LogP contribution in [0.25, 0.3) is 0 Å². The van der Waals surface area contributed by atoms with Crippen LogP contribution in [-0.4, -0.2) is 0 Å². The lowest BCUT2D eigenvalue weighted by molar-refractivity contribution is 0.562. The molecular formula is C23H29IS. The summed E-state index contributed by atoms with van der Waals surface area (Å²) in [6, 6.07) is 11.9. The van der Waals surface area contributed by atoms with Gasteiger partial charge in [0.1, 0.15) is 0 Å². The molecule has 25 heavy (non-hydrogen) atoms. The molecule has 0 fully saturated rings. The Labute approximate surface area is 171 Å². The molecule has 3 rings (SSSR count). The molecule has 0 N–H and O–H groups in total. The van der Waals surface area contributed by atoms with Crippen molar-refractivity contribution in [1.82, 2.24) is 0 Å². The van der Waals surface area contributed by atoms with Crippen molar-refractivity contribution in [3.63, 3.8) is 0 Å². The van der Waals surface area contributed by atoms with E-state index in [2.05, 4.69) is 108 Å². The van der Waals surface area contributed by atoms with Gasteiger partial charge in [0.25, 0.3) is 0 Å². The molecule has 0 spiro atoms. The van der Waals surface area contributed by atoms with Gasteiger partial charge in [0.2, 0.25) is 0 Å². The van der Waals surface area contributed by atoms with E-state index in [-0.39, 0.29) is 16.2 Å². The van der Waals surface area contributed by atoms with Crippen molar-refractivity contribution in [2.24, 2.45) is 0 Å². The molecule has 1 heterocycles. The fourth-order valence-electron chi connectivity index (χ4n) is 3.42. The lowest BCUT2D eigenvalue weighted by Gasteiger charge is -2.37. The first-order valence-corrected chi connectivity index (χ1v) is 10.9. The van der Waals surface area contributed by atoms with Gasteiger partial charge in [-0.1, -0.05) is 85.4 Å². The van der Waals surface area contributed by atoms with Gasteiger partial charge in [0, 0.05) is 18.8 Å². The van der Waals surface area contributed by atoms with Crippen LogP contribution in [0.2, 0.25) is 0 Å². The molecule has 0 aliphatic carbocycles. The fourth-order valence-corrected chi connectivity index (χ4v) is 5.74. The number of hydrogen-bond acceptors (Lipinski definition) is 1. The smallest absolute Gasteiger partial charge is 0.0297 e. The predicted octanol–water partition coefficient (Wildman–Crippen LogP) is 7.68. The van der Waals surface area contributed by atoms with E-state index in [0.717, 1.165) is 0 Å². The molecule has 0 nitrogen and oxygen atoms in total. The highest BCUT2D eigenvalue weighted by atomic mass is 127. The van der Waals surface area contributed by atoms with Crippen molar-refractivity contribution >= 4 is 34.4 Å². The molecule has 0 aromatic heterocycles. The molecule has 0 unspecified atom stereocenters. The standard InChI is InChI=1S/C23H29IS/c1-21(2,3)14-9-10-19-16(11-14)23(7,8)17-12-15(22(4,5)6)13-18(24)20(17)25-19/h9-13H,1-8H3. The second kappa shape index (κ2) is 6.02. The maximum Gasteiger partial charge on any atom is 0.0297 e. The Morgan fingerprint density at radius 2 is 1.36 bits per heavy atom. The van der Waals surface area contributed by atoms with Gasteiger partial charge in [-0.15, -0.1) is 0 Å². The molecule has 2 aromatic rings. The molecule has 2 heteroatoms.